The molecule has 2 nitrogen and oxygen atoms in total. The van der Waals surface area contributed by atoms with Crippen molar-refractivity contribution in [3.63, 3.8) is 0 Å². The second-order valence-corrected chi connectivity index (χ2v) is 3.81. The zero-order valence-electron chi connectivity index (χ0n) is 7.17. The molecule has 0 spiro atoms. The van der Waals surface area contributed by atoms with E-state index in [-0.39, 0.29) is 5.37 Å². The lowest BCUT2D eigenvalue weighted by atomic mass is 9.95. The average Bonchev–Trinajstić information content (AvgIpc) is 2.17. The molecule has 1 rings (SSSR count). The average molecular weight is 176 g/mol. The lowest BCUT2D eigenvalue weighted by Crippen LogP contribution is -2.31. The monoisotopic (exact) mass is 175 g/mol. The summed E-state index contributed by atoms with van der Waals surface area (Å²) in [5.41, 5.74) is 0. The minimum absolute atomic E-state index is 0.301. The summed E-state index contributed by atoms with van der Waals surface area (Å²) in [6.07, 6.45) is 0. The third kappa shape index (κ3) is 1.51. The van der Waals surface area contributed by atoms with E-state index in [1.54, 1.807) is 4.90 Å². The van der Waals surface area contributed by atoms with Gasteiger partial charge >= 0.3 is 5.37 Å². The van der Waals surface area contributed by atoms with E-state index in [9.17, 15) is 4.79 Å². The summed E-state index contributed by atoms with van der Waals surface area (Å²) in [6, 6.07) is 0.301. The maximum atomic E-state index is 10.8. The molecule has 0 aliphatic carbocycles. The lowest BCUT2D eigenvalue weighted by Gasteiger charge is -2.19. The van der Waals surface area contributed by atoms with Gasteiger partial charge in [0.15, 0.2) is 0 Å². The number of amides is 1. The van der Waals surface area contributed by atoms with Gasteiger partial charge in [-0.2, -0.15) is 0 Å². The van der Waals surface area contributed by atoms with Gasteiger partial charge in [-0.1, -0.05) is 13.8 Å². The Labute approximate surface area is 72.5 Å². The molecule has 1 saturated heterocycles. The van der Waals surface area contributed by atoms with Crippen molar-refractivity contribution in [2.24, 2.45) is 11.8 Å². The van der Waals surface area contributed by atoms with Crippen LogP contribution >= 0.6 is 11.6 Å². The van der Waals surface area contributed by atoms with E-state index in [0.717, 1.165) is 6.54 Å². The SMILES string of the molecule is CC1CN(C(=O)Cl)C(C)C1C. The predicted molar refractivity (Wildman–Crippen MR) is 45.7 cm³/mol. The Hall–Kier alpha value is -0.240. The van der Waals surface area contributed by atoms with Gasteiger partial charge in [0.2, 0.25) is 0 Å². The topological polar surface area (TPSA) is 20.3 Å². The molecule has 11 heavy (non-hydrogen) atoms. The van der Waals surface area contributed by atoms with E-state index in [1.165, 1.54) is 0 Å². The molecule has 0 radical (unpaired) electrons. The van der Waals surface area contributed by atoms with Crippen LogP contribution in [-0.2, 0) is 0 Å². The van der Waals surface area contributed by atoms with Crippen LogP contribution in [0.5, 0.6) is 0 Å². The van der Waals surface area contributed by atoms with Crippen molar-refractivity contribution in [2.45, 2.75) is 26.8 Å². The molecule has 1 amide bonds. The fourth-order valence-corrected chi connectivity index (χ4v) is 1.86. The smallest absolute Gasteiger partial charge is 0.316 e. The van der Waals surface area contributed by atoms with Gasteiger partial charge in [-0.25, -0.2) is 0 Å². The quantitative estimate of drug-likeness (QED) is 0.409. The van der Waals surface area contributed by atoms with Gasteiger partial charge in [0.05, 0.1) is 0 Å². The Balaban J connectivity index is 2.67. The number of rotatable bonds is 0. The minimum Gasteiger partial charge on any atom is -0.326 e. The van der Waals surface area contributed by atoms with Gasteiger partial charge in [0, 0.05) is 12.6 Å². The molecular formula is C8H14ClNO. The number of halogens is 1. The van der Waals surface area contributed by atoms with Crippen LogP contribution in [0.1, 0.15) is 20.8 Å². The summed E-state index contributed by atoms with van der Waals surface area (Å²) in [6.45, 7) is 7.18. The first-order valence-corrected chi connectivity index (χ1v) is 4.38. The first kappa shape index (κ1) is 8.85. The van der Waals surface area contributed by atoms with E-state index < -0.39 is 0 Å². The molecule has 1 aliphatic heterocycles. The Bertz CT molecular complexity index is 171. The summed E-state index contributed by atoms with van der Waals surface area (Å²) >= 11 is 5.40. The minimum atomic E-state index is -0.311. The molecule has 3 unspecified atom stereocenters. The third-order valence-corrected chi connectivity index (χ3v) is 3.08. The van der Waals surface area contributed by atoms with E-state index >= 15 is 0 Å². The summed E-state index contributed by atoms with van der Waals surface area (Å²) in [7, 11) is 0. The number of hydrogen-bond donors (Lipinski definition) is 0. The Kier molecular flexibility index (Phi) is 2.43. The van der Waals surface area contributed by atoms with Gasteiger partial charge in [-0.05, 0) is 30.4 Å². The van der Waals surface area contributed by atoms with E-state index in [0.29, 0.717) is 17.9 Å². The van der Waals surface area contributed by atoms with E-state index in [1.807, 2.05) is 0 Å². The molecule has 0 saturated carbocycles. The van der Waals surface area contributed by atoms with Crippen molar-refractivity contribution in [1.82, 2.24) is 4.90 Å². The van der Waals surface area contributed by atoms with Gasteiger partial charge in [0.1, 0.15) is 0 Å². The first-order chi connectivity index (χ1) is 5.04. The van der Waals surface area contributed by atoms with E-state index in [4.69, 9.17) is 11.6 Å². The molecule has 0 aromatic rings. The Morgan fingerprint density at radius 3 is 2.18 bits per heavy atom. The number of nitrogens with zero attached hydrogens (tertiary/aromatic N) is 1. The van der Waals surface area contributed by atoms with Crippen LogP contribution in [0, 0.1) is 11.8 Å². The molecule has 0 aromatic carbocycles. The standard InChI is InChI=1S/C8H14ClNO/c1-5-4-10(8(9)11)7(3)6(5)2/h5-7H,4H2,1-3H3. The van der Waals surface area contributed by atoms with E-state index in [2.05, 4.69) is 20.8 Å². The molecule has 3 atom stereocenters. The van der Waals surface area contributed by atoms with Gasteiger partial charge in [-0.15, -0.1) is 0 Å². The molecule has 1 fully saturated rings. The molecule has 64 valence electrons. The summed E-state index contributed by atoms with van der Waals surface area (Å²) in [5, 5.41) is -0.311. The molecule has 1 heterocycles. The van der Waals surface area contributed by atoms with Crippen molar-refractivity contribution in [3.05, 3.63) is 0 Å². The van der Waals surface area contributed by atoms with Crippen LogP contribution in [0.2, 0.25) is 0 Å². The van der Waals surface area contributed by atoms with Crippen molar-refractivity contribution in [1.29, 1.82) is 0 Å². The zero-order chi connectivity index (χ0) is 8.59. The van der Waals surface area contributed by atoms with Crippen LogP contribution in [0.15, 0.2) is 0 Å². The Morgan fingerprint density at radius 1 is 1.45 bits per heavy atom. The van der Waals surface area contributed by atoms with Crippen LogP contribution < -0.4 is 0 Å². The Morgan fingerprint density at radius 2 is 2.00 bits per heavy atom. The molecule has 0 N–H and O–H groups in total. The van der Waals surface area contributed by atoms with Crippen molar-refractivity contribution < 1.29 is 4.79 Å². The highest BCUT2D eigenvalue weighted by atomic mass is 35.5. The number of hydrogen-bond acceptors (Lipinski definition) is 1. The molecule has 0 aromatic heterocycles. The number of carbonyl (C=O) groups excluding carboxylic acids is 1. The normalized spacial score (nSPS) is 37.8. The largest absolute Gasteiger partial charge is 0.326 e. The fourth-order valence-electron chi connectivity index (χ4n) is 1.63. The van der Waals surface area contributed by atoms with Crippen molar-refractivity contribution >= 4 is 17.0 Å². The lowest BCUT2D eigenvalue weighted by molar-refractivity contribution is 0.215. The van der Waals surface area contributed by atoms with Crippen LogP contribution in [0.25, 0.3) is 0 Å². The zero-order valence-corrected chi connectivity index (χ0v) is 7.93. The van der Waals surface area contributed by atoms with Crippen LogP contribution in [0.4, 0.5) is 4.79 Å². The molecule has 1 aliphatic rings. The highest BCUT2D eigenvalue weighted by Gasteiger charge is 2.35. The molecule has 3 heteroatoms. The highest BCUT2D eigenvalue weighted by molar-refractivity contribution is 6.62. The number of carbonyl (C=O) groups is 1. The summed E-state index contributed by atoms with van der Waals surface area (Å²) in [5.74, 6) is 1.14. The van der Waals surface area contributed by atoms with Crippen molar-refractivity contribution in [2.75, 3.05) is 6.54 Å². The van der Waals surface area contributed by atoms with Gasteiger partial charge in [-0.3, -0.25) is 4.79 Å². The molecular weight excluding hydrogens is 162 g/mol. The van der Waals surface area contributed by atoms with Crippen LogP contribution in [0.3, 0.4) is 0 Å². The fraction of sp³-hybridized carbons (Fsp3) is 0.875. The predicted octanol–water partition coefficient (Wildman–Crippen LogP) is 2.32. The number of likely N-dealkylation sites (tertiary alicyclic amines) is 1. The summed E-state index contributed by atoms with van der Waals surface area (Å²) in [4.78, 5) is 12.6. The van der Waals surface area contributed by atoms with Crippen molar-refractivity contribution in [3.8, 4) is 0 Å². The summed E-state index contributed by atoms with van der Waals surface area (Å²) < 4.78 is 0. The maximum absolute atomic E-state index is 10.8. The van der Waals surface area contributed by atoms with Crippen LogP contribution in [-0.4, -0.2) is 22.9 Å². The third-order valence-electron chi connectivity index (χ3n) is 2.86. The second-order valence-electron chi connectivity index (χ2n) is 3.48. The molecule has 0 bridgehead atoms. The van der Waals surface area contributed by atoms with Gasteiger partial charge < -0.3 is 4.90 Å². The second kappa shape index (κ2) is 3.02. The first-order valence-electron chi connectivity index (χ1n) is 4.00. The maximum Gasteiger partial charge on any atom is 0.316 e. The van der Waals surface area contributed by atoms with Gasteiger partial charge in [0.25, 0.3) is 0 Å². The highest BCUT2D eigenvalue weighted by Crippen LogP contribution is 2.29.